The molecule has 256 valence electrons. The van der Waals surface area contributed by atoms with Gasteiger partial charge in [0.25, 0.3) is 0 Å². The molecule has 0 spiro atoms. The third kappa shape index (κ3) is 6.55. The lowest BCUT2D eigenvalue weighted by Gasteiger charge is -2.42. The number of phenols is 2. The lowest BCUT2D eigenvalue weighted by molar-refractivity contribution is -0.245. The van der Waals surface area contributed by atoms with Gasteiger partial charge in [-0.25, -0.2) is 0 Å². The molecule has 0 bridgehead atoms. The van der Waals surface area contributed by atoms with E-state index in [-0.39, 0.29) is 76.5 Å². The first-order chi connectivity index (χ1) is 21.9. The van der Waals surface area contributed by atoms with Gasteiger partial charge in [-0.15, -0.1) is 12.4 Å². The highest BCUT2D eigenvalue weighted by molar-refractivity contribution is 6.31. The number of hydrogen-bond donors (Lipinski definition) is 5. The van der Waals surface area contributed by atoms with Gasteiger partial charge in [0.1, 0.15) is 22.8 Å². The number of carbonyl (C=O) groups is 2. The summed E-state index contributed by atoms with van der Waals surface area (Å²) in [6, 6.07) is 3.88. The maximum Gasteiger partial charge on any atom is 0.202 e. The smallest absolute Gasteiger partial charge is 0.202 e. The number of nitrogens with zero attached hydrogens (tertiary/aromatic N) is 2. The number of ketones is 2. The Morgan fingerprint density at radius 2 is 1.81 bits per heavy atom. The van der Waals surface area contributed by atoms with Crippen molar-refractivity contribution >= 4 is 35.4 Å². The first-order valence-electron chi connectivity index (χ1n) is 15.8. The number of benzene rings is 2. The van der Waals surface area contributed by atoms with Crippen LogP contribution in [-0.4, -0.2) is 80.7 Å². The second kappa shape index (κ2) is 14.4. The zero-order chi connectivity index (χ0) is 33.5. The van der Waals surface area contributed by atoms with Crippen LogP contribution in [0.25, 0.3) is 0 Å². The minimum atomic E-state index is -1.73. The summed E-state index contributed by atoms with van der Waals surface area (Å²) in [5.41, 5.74) is 4.88. The average molecular weight is 674 g/mol. The summed E-state index contributed by atoms with van der Waals surface area (Å²) in [7, 11) is 1.37. The normalized spacial score (nSPS) is 27.4. The van der Waals surface area contributed by atoms with E-state index < -0.39 is 59.3 Å². The van der Waals surface area contributed by atoms with Crippen LogP contribution in [0.1, 0.15) is 115 Å². The summed E-state index contributed by atoms with van der Waals surface area (Å²) in [5.74, 6) is -2.31. The van der Waals surface area contributed by atoms with Crippen molar-refractivity contribution in [2.75, 3.05) is 7.11 Å². The van der Waals surface area contributed by atoms with E-state index in [9.17, 15) is 30.0 Å². The quantitative estimate of drug-likeness (QED) is 0.124. The van der Waals surface area contributed by atoms with Gasteiger partial charge in [0.05, 0.1) is 47.8 Å². The summed E-state index contributed by atoms with van der Waals surface area (Å²) in [5, 5.41) is 54.7. The van der Waals surface area contributed by atoms with Gasteiger partial charge in [-0.1, -0.05) is 32.4 Å². The highest BCUT2D eigenvalue weighted by Gasteiger charge is 2.49. The number of aromatic hydroxyl groups is 2. The van der Waals surface area contributed by atoms with Gasteiger partial charge in [-0.05, 0) is 39.2 Å². The highest BCUT2D eigenvalue weighted by atomic mass is 35.5. The predicted molar refractivity (Wildman–Crippen MR) is 177 cm³/mol. The molecule has 3 aliphatic rings. The first-order valence-corrected chi connectivity index (χ1v) is 15.8. The molecule has 2 aromatic rings. The molecule has 2 aromatic carbocycles. The molecule has 0 aromatic heterocycles. The summed E-state index contributed by atoms with van der Waals surface area (Å²) in [4.78, 5) is 27.7. The molecule has 1 fully saturated rings. The van der Waals surface area contributed by atoms with Crippen LogP contribution >= 0.6 is 12.4 Å². The van der Waals surface area contributed by atoms with Crippen LogP contribution in [0.2, 0.25) is 0 Å². The van der Waals surface area contributed by atoms with Crippen molar-refractivity contribution in [2.45, 2.75) is 109 Å². The zero-order valence-corrected chi connectivity index (χ0v) is 28.1. The van der Waals surface area contributed by atoms with E-state index >= 15 is 0 Å². The minimum Gasteiger partial charge on any atom is -0.507 e. The molecule has 6 atom stereocenters. The molecule has 12 nitrogen and oxygen atoms in total. The summed E-state index contributed by atoms with van der Waals surface area (Å²) >= 11 is 0. The topological polar surface area (TPSA) is 193 Å². The molecule has 0 saturated carbocycles. The Morgan fingerprint density at radius 1 is 1.11 bits per heavy atom. The van der Waals surface area contributed by atoms with Crippen LogP contribution < -0.4 is 10.5 Å². The van der Waals surface area contributed by atoms with Crippen LogP contribution in [0.4, 0.5) is 0 Å². The molecular weight excluding hydrogens is 630 g/mol. The van der Waals surface area contributed by atoms with Crippen LogP contribution in [0.3, 0.4) is 0 Å². The maximum absolute atomic E-state index is 13.9. The van der Waals surface area contributed by atoms with E-state index in [2.05, 4.69) is 17.1 Å². The Labute approximate surface area is 280 Å². The second-order valence-electron chi connectivity index (χ2n) is 12.4. The fourth-order valence-electron chi connectivity index (χ4n) is 6.58. The Hall–Kier alpha value is -3.39. The third-order valence-corrected chi connectivity index (χ3v) is 9.38. The van der Waals surface area contributed by atoms with Gasteiger partial charge in [-0.3, -0.25) is 9.59 Å². The Kier molecular flexibility index (Phi) is 11.2. The number of fused-ring (bicyclic) bond motifs is 3. The lowest BCUT2D eigenvalue weighted by atomic mass is 9.72. The molecule has 2 aliphatic carbocycles. The van der Waals surface area contributed by atoms with Crippen LogP contribution in [-0.2, 0) is 15.9 Å². The van der Waals surface area contributed by atoms with Crippen LogP contribution in [0.15, 0.2) is 28.4 Å². The van der Waals surface area contributed by atoms with Gasteiger partial charge >= 0.3 is 0 Å². The van der Waals surface area contributed by atoms with E-state index in [1.54, 1.807) is 19.9 Å². The Bertz CT molecular complexity index is 1600. The SMILES string of the molecule is CCCC/C(CC)=N\N=C(/C)[C@]1(O)Cc2c(O)c3c(c(O)c2[C@@H](O[C@H]2C[C@H](N)[C@H](O)[C@H](C)O2)C1)C(=O)c1c(OC)cccc1C3=O.Cl. The molecule has 1 heterocycles. The molecule has 0 amide bonds. The number of ether oxygens (including phenoxy) is 3. The Morgan fingerprint density at radius 3 is 2.45 bits per heavy atom. The fourth-order valence-corrected chi connectivity index (χ4v) is 6.58. The summed E-state index contributed by atoms with van der Waals surface area (Å²) in [6.45, 7) is 7.34. The largest absolute Gasteiger partial charge is 0.507 e. The van der Waals surface area contributed by atoms with Crippen molar-refractivity contribution in [2.24, 2.45) is 15.9 Å². The van der Waals surface area contributed by atoms with Crippen molar-refractivity contribution in [3.05, 3.63) is 51.6 Å². The molecule has 47 heavy (non-hydrogen) atoms. The number of unbranched alkanes of at least 4 members (excludes halogenated alkanes) is 1. The average Bonchev–Trinajstić information content (AvgIpc) is 3.03. The molecular formula is C34H44ClN3O9. The molecule has 6 N–H and O–H groups in total. The fraction of sp³-hybridized carbons (Fsp3) is 0.529. The molecule has 13 heteroatoms. The van der Waals surface area contributed by atoms with Gasteiger partial charge in [0.15, 0.2) is 12.1 Å². The number of rotatable bonds is 9. The van der Waals surface area contributed by atoms with Crippen molar-refractivity contribution in [3.8, 4) is 17.2 Å². The second-order valence-corrected chi connectivity index (χ2v) is 12.4. The van der Waals surface area contributed by atoms with Crippen LogP contribution in [0, 0.1) is 0 Å². The standard InChI is InChI=1S/C34H43N3O9.ClH/c1-6-8-10-18(7-2)37-36-17(4)34(43)14-20-26(23(15-34)46-24-13-21(35)29(38)16(3)45-24)33(42)28-27(31(20)40)30(39)19-11-9-12-22(44-5)25(19)32(28)41;/h9,11-12,16,21,23-24,29,38,40,42-43H,6-8,10,13-15,35H2,1-5H3;1H/b36-17+,37-18-;/t16-,21-,23-,24-,29+,34-;/m0./s1. The van der Waals surface area contributed by atoms with Crippen molar-refractivity contribution in [1.29, 1.82) is 0 Å². The number of methoxy groups -OCH3 is 1. The van der Waals surface area contributed by atoms with E-state index in [0.29, 0.717) is 6.42 Å². The van der Waals surface area contributed by atoms with Crippen LogP contribution in [0.5, 0.6) is 17.2 Å². The van der Waals surface area contributed by atoms with E-state index in [0.717, 1.165) is 25.0 Å². The Balaban J connectivity index is 0.00000500. The zero-order valence-electron chi connectivity index (χ0n) is 27.3. The summed E-state index contributed by atoms with van der Waals surface area (Å²) < 4.78 is 17.6. The minimum absolute atomic E-state index is 0. The van der Waals surface area contributed by atoms with Gasteiger partial charge < -0.3 is 40.4 Å². The summed E-state index contributed by atoms with van der Waals surface area (Å²) in [6.07, 6.45) is -0.593. The lowest BCUT2D eigenvalue weighted by Crippen LogP contribution is -2.52. The van der Waals surface area contributed by atoms with E-state index in [4.69, 9.17) is 19.9 Å². The highest BCUT2D eigenvalue weighted by Crippen LogP contribution is 2.52. The number of aliphatic hydroxyl groups excluding tert-OH is 1. The third-order valence-electron chi connectivity index (χ3n) is 9.38. The number of phenolic OH excluding ortho intramolecular Hbond substituents is 2. The van der Waals surface area contributed by atoms with E-state index in [1.807, 2.05) is 6.92 Å². The van der Waals surface area contributed by atoms with Gasteiger partial charge in [0, 0.05) is 47.7 Å². The molecule has 0 unspecified atom stereocenters. The number of halogens is 1. The number of hydrogen-bond acceptors (Lipinski definition) is 12. The van der Waals surface area contributed by atoms with Gasteiger partial charge in [0.2, 0.25) is 5.78 Å². The molecule has 1 aliphatic heterocycles. The number of carbonyl (C=O) groups excluding carboxylic acids is 2. The number of nitrogens with two attached hydrogens (primary N) is 1. The monoisotopic (exact) mass is 673 g/mol. The molecule has 5 rings (SSSR count). The molecule has 0 radical (unpaired) electrons. The van der Waals surface area contributed by atoms with E-state index in [1.165, 1.54) is 19.2 Å². The molecule has 1 saturated heterocycles. The van der Waals surface area contributed by atoms with Gasteiger partial charge in [-0.2, -0.15) is 10.2 Å². The maximum atomic E-state index is 13.9. The van der Waals surface area contributed by atoms with Crippen molar-refractivity contribution < 1.29 is 44.2 Å². The van der Waals surface area contributed by atoms with Crippen molar-refractivity contribution in [1.82, 2.24) is 0 Å². The predicted octanol–water partition coefficient (Wildman–Crippen LogP) is 4.28. The number of aliphatic hydroxyl groups is 2. The first kappa shape index (κ1) is 36.4. The van der Waals surface area contributed by atoms with Crippen molar-refractivity contribution in [3.63, 3.8) is 0 Å².